The lowest BCUT2D eigenvalue weighted by Crippen LogP contribution is -2.10. The van der Waals surface area contributed by atoms with Crippen molar-refractivity contribution in [3.05, 3.63) is 55.6 Å². The predicted molar refractivity (Wildman–Crippen MR) is 76.7 cm³/mol. The molecule has 86 valence electrons. The van der Waals surface area contributed by atoms with E-state index < -0.39 is 0 Å². The largest absolute Gasteiger partial charge is 0.320 e. The van der Waals surface area contributed by atoms with Gasteiger partial charge in [0.1, 0.15) is 0 Å². The number of nitrogens with two attached hydrogens (primary N) is 1. The van der Waals surface area contributed by atoms with Gasteiger partial charge in [-0.3, -0.25) is 0 Å². The number of hydrogen-bond acceptors (Lipinski definition) is 2. The zero-order valence-electron chi connectivity index (χ0n) is 8.19. The van der Waals surface area contributed by atoms with Gasteiger partial charge in [-0.05, 0) is 35.2 Å². The van der Waals surface area contributed by atoms with Crippen LogP contribution in [0.1, 0.15) is 16.5 Å². The minimum atomic E-state index is -0.113. The predicted octanol–water partition coefficient (Wildman–Crippen LogP) is 4.63. The molecule has 0 unspecified atom stereocenters. The average molecular weight is 339 g/mol. The van der Waals surface area contributed by atoms with E-state index in [0.29, 0.717) is 5.02 Å². The van der Waals surface area contributed by atoms with Crippen molar-refractivity contribution < 1.29 is 0 Å². The monoisotopic (exact) mass is 337 g/mol. The van der Waals surface area contributed by atoms with Crippen molar-refractivity contribution in [2.75, 3.05) is 0 Å². The van der Waals surface area contributed by atoms with Gasteiger partial charge in [0.05, 0.1) is 6.04 Å². The fourth-order valence-electron chi connectivity index (χ4n) is 1.37. The van der Waals surface area contributed by atoms with Crippen LogP contribution in [0.3, 0.4) is 0 Å². The second-order valence-electron chi connectivity index (χ2n) is 3.16. The van der Waals surface area contributed by atoms with Crippen molar-refractivity contribution in [2.24, 2.45) is 5.73 Å². The molecule has 0 saturated heterocycles. The lowest BCUT2D eigenvalue weighted by atomic mass is 10.1. The van der Waals surface area contributed by atoms with Crippen molar-refractivity contribution >= 4 is 51.3 Å². The Morgan fingerprint density at radius 1 is 1.31 bits per heavy atom. The van der Waals surface area contributed by atoms with E-state index in [-0.39, 0.29) is 18.4 Å². The molecule has 1 aromatic heterocycles. The first kappa shape index (κ1) is 14.0. The molecule has 0 bridgehead atoms. The minimum Gasteiger partial charge on any atom is -0.320 e. The Morgan fingerprint density at radius 3 is 2.69 bits per heavy atom. The fourth-order valence-corrected chi connectivity index (χ4v) is 2.79. The summed E-state index contributed by atoms with van der Waals surface area (Å²) in [7, 11) is 0. The SMILES string of the molecule is Cl.N[C@H](c1cccs1)c1cc(Cl)ccc1Br. The van der Waals surface area contributed by atoms with E-state index in [9.17, 15) is 0 Å². The first-order valence-corrected chi connectivity index (χ1v) is 6.47. The Labute approximate surface area is 118 Å². The van der Waals surface area contributed by atoms with Crippen molar-refractivity contribution in [3.8, 4) is 0 Å². The van der Waals surface area contributed by atoms with Crippen LogP contribution >= 0.6 is 51.3 Å². The van der Waals surface area contributed by atoms with Gasteiger partial charge in [-0.15, -0.1) is 23.7 Å². The Balaban J connectivity index is 0.00000128. The molecule has 0 spiro atoms. The molecule has 0 radical (unpaired) electrons. The zero-order chi connectivity index (χ0) is 10.8. The van der Waals surface area contributed by atoms with Gasteiger partial charge in [0.25, 0.3) is 0 Å². The fraction of sp³-hybridized carbons (Fsp3) is 0.0909. The van der Waals surface area contributed by atoms with E-state index in [1.807, 2.05) is 35.7 Å². The number of hydrogen-bond donors (Lipinski definition) is 1. The van der Waals surface area contributed by atoms with Gasteiger partial charge in [0.15, 0.2) is 0 Å². The van der Waals surface area contributed by atoms with Gasteiger partial charge >= 0.3 is 0 Å². The van der Waals surface area contributed by atoms with Crippen LogP contribution in [0, 0.1) is 0 Å². The number of rotatable bonds is 2. The molecule has 1 nitrogen and oxygen atoms in total. The van der Waals surface area contributed by atoms with E-state index in [0.717, 1.165) is 14.9 Å². The molecular formula is C11H10BrCl2NS. The Hall–Kier alpha value is -0.0600. The number of thiophene rings is 1. The van der Waals surface area contributed by atoms with Crippen LogP contribution in [0.2, 0.25) is 5.02 Å². The molecule has 0 saturated carbocycles. The van der Waals surface area contributed by atoms with Gasteiger partial charge in [0.2, 0.25) is 0 Å². The second-order valence-corrected chi connectivity index (χ2v) is 5.43. The summed E-state index contributed by atoms with van der Waals surface area (Å²) in [5.74, 6) is 0. The minimum absolute atomic E-state index is 0. The molecule has 1 atom stereocenters. The molecule has 2 rings (SSSR count). The number of halogens is 3. The molecule has 2 aromatic rings. The van der Waals surface area contributed by atoms with Crippen LogP contribution in [-0.4, -0.2) is 0 Å². The van der Waals surface area contributed by atoms with E-state index >= 15 is 0 Å². The van der Waals surface area contributed by atoms with Crippen molar-refractivity contribution in [1.82, 2.24) is 0 Å². The Bertz CT molecular complexity index is 459. The average Bonchev–Trinajstić information content (AvgIpc) is 2.74. The highest BCUT2D eigenvalue weighted by Gasteiger charge is 2.13. The highest BCUT2D eigenvalue weighted by molar-refractivity contribution is 9.10. The molecule has 1 aromatic carbocycles. The Kier molecular flexibility index (Phi) is 5.28. The van der Waals surface area contributed by atoms with Gasteiger partial charge in [-0.2, -0.15) is 0 Å². The van der Waals surface area contributed by atoms with E-state index in [1.54, 1.807) is 11.3 Å². The summed E-state index contributed by atoms with van der Waals surface area (Å²) in [5.41, 5.74) is 7.17. The summed E-state index contributed by atoms with van der Waals surface area (Å²) in [6.07, 6.45) is 0. The summed E-state index contributed by atoms with van der Waals surface area (Å²) in [5, 5.41) is 2.73. The lowest BCUT2D eigenvalue weighted by Gasteiger charge is -2.12. The maximum absolute atomic E-state index is 6.15. The second kappa shape index (κ2) is 6.03. The molecule has 1 heterocycles. The quantitative estimate of drug-likeness (QED) is 0.848. The third-order valence-electron chi connectivity index (χ3n) is 2.14. The smallest absolute Gasteiger partial charge is 0.0657 e. The normalized spacial score (nSPS) is 11.9. The summed E-state index contributed by atoms with van der Waals surface area (Å²) in [6.45, 7) is 0. The van der Waals surface area contributed by atoms with E-state index in [2.05, 4.69) is 15.9 Å². The Morgan fingerprint density at radius 2 is 2.06 bits per heavy atom. The van der Waals surface area contributed by atoms with Gasteiger partial charge < -0.3 is 5.73 Å². The molecule has 16 heavy (non-hydrogen) atoms. The molecule has 5 heteroatoms. The third kappa shape index (κ3) is 2.99. The summed E-state index contributed by atoms with van der Waals surface area (Å²) < 4.78 is 0.993. The highest BCUT2D eigenvalue weighted by atomic mass is 79.9. The first-order chi connectivity index (χ1) is 7.18. The maximum atomic E-state index is 6.15. The topological polar surface area (TPSA) is 26.0 Å². The van der Waals surface area contributed by atoms with Crippen LogP contribution in [0.25, 0.3) is 0 Å². The standard InChI is InChI=1S/C11H9BrClNS.ClH/c12-9-4-3-7(13)6-8(9)11(14)10-2-1-5-15-10;/h1-6,11H,14H2;1H/t11-;/m0./s1. The lowest BCUT2D eigenvalue weighted by molar-refractivity contribution is 0.887. The molecular weight excluding hydrogens is 329 g/mol. The van der Waals surface area contributed by atoms with Crippen LogP contribution in [0.5, 0.6) is 0 Å². The van der Waals surface area contributed by atoms with Gasteiger partial charge in [-0.25, -0.2) is 0 Å². The van der Waals surface area contributed by atoms with Crippen LogP contribution in [0.15, 0.2) is 40.2 Å². The molecule has 0 aliphatic carbocycles. The van der Waals surface area contributed by atoms with Gasteiger partial charge in [-0.1, -0.05) is 33.6 Å². The molecule has 0 amide bonds. The van der Waals surface area contributed by atoms with Crippen LogP contribution in [0.4, 0.5) is 0 Å². The summed E-state index contributed by atoms with van der Waals surface area (Å²) in [4.78, 5) is 1.14. The third-order valence-corrected chi connectivity index (χ3v) is 4.06. The van der Waals surface area contributed by atoms with Crippen LogP contribution in [-0.2, 0) is 0 Å². The van der Waals surface area contributed by atoms with Crippen LogP contribution < -0.4 is 5.73 Å². The molecule has 2 N–H and O–H groups in total. The summed E-state index contributed by atoms with van der Waals surface area (Å²) in [6, 6.07) is 9.58. The van der Waals surface area contributed by atoms with Crippen molar-refractivity contribution in [3.63, 3.8) is 0 Å². The zero-order valence-corrected chi connectivity index (χ0v) is 12.2. The van der Waals surface area contributed by atoms with E-state index in [1.165, 1.54) is 0 Å². The van der Waals surface area contributed by atoms with Crippen molar-refractivity contribution in [2.45, 2.75) is 6.04 Å². The van der Waals surface area contributed by atoms with Crippen molar-refractivity contribution in [1.29, 1.82) is 0 Å². The summed E-state index contributed by atoms with van der Waals surface area (Å²) >= 11 is 11.1. The molecule has 0 aliphatic heterocycles. The maximum Gasteiger partial charge on any atom is 0.0657 e. The highest BCUT2D eigenvalue weighted by Crippen LogP contribution is 2.31. The van der Waals surface area contributed by atoms with E-state index in [4.69, 9.17) is 17.3 Å². The first-order valence-electron chi connectivity index (χ1n) is 4.42. The van der Waals surface area contributed by atoms with Gasteiger partial charge in [0, 0.05) is 14.4 Å². The number of benzene rings is 1. The molecule has 0 fully saturated rings. The molecule has 0 aliphatic rings.